The van der Waals surface area contributed by atoms with Crippen LogP contribution in [0.4, 0.5) is 15.8 Å². The molecule has 0 radical (unpaired) electrons. The molecule has 0 fully saturated rings. The molecule has 2 aromatic carbocycles. The third kappa shape index (κ3) is 2.99. The molecule has 0 aliphatic heterocycles. The Morgan fingerprint density at radius 2 is 1.80 bits per heavy atom. The van der Waals surface area contributed by atoms with Crippen molar-refractivity contribution >= 4 is 33.2 Å². The van der Waals surface area contributed by atoms with Crippen LogP contribution in [0.2, 0.25) is 0 Å². The van der Waals surface area contributed by atoms with E-state index >= 15 is 0 Å². The number of nitrogen functional groups attached to an aromatic ring is 1. The Labute approximate surface area is 125 Å². The minimum atomic E-state index is -0.492. The first-order chi connectivity index (χ1) is 9.38. The molecule has 2 rings (SSSR count). The first-order valence-corrected chi connectivity index (χ1v) is 6.81. The van der Waals surface area contributed by atoms with Gasteiger partial charge in [-0.25, -0.2) is 4.39 Å². The number of nitrogens with one attached hydrogen (secondary N) is 1. The van der Waals surface area contributed by atoms with Gasteiger partial charge in [-0.3, -0.25) is 4.79 Å². The second kappa shape index (κ2) is 5.63. The Hall–Kier alpha value is -1.88. The van der Waals surface area contributed by atoms with E-state index in [-0.39, 0.29) is 11.3 Å². The molecule has 0 saturated carbocycles. The van der Waals surface area contributed by atoms with Crippen LogP contribution in [0.25, 0.3) is 0 Å². The number of carbonyl (C=O) groups excluding carboxylic acids is 1. The lowest BCUT2D eigenvalue weighted by Crippen LogP contribution is -2.16. The lowest BCUT2D eigenvalue weighted by Gasteiger charge is -2.13. The van der Waals surface area contributed by atoms with Gasteiger partial charge in [0.1, 0.15) is 5.82 Å². The topological polar surface area (TPSA) is 55.1 Å². The first kappa shape index (κ1) is 14.5. The van der Waals surface area contributed by atoms with Gasteiger partial charge < -0.3 is 11.1 Å². The SMILES string of the molecule is Cc1cc(Br)cc(C)c1NC(=O)c1cc(F)ccc1N. The summed E-state index contributed by atoms with van der Waals surface area (Å²) in [6, 6.07) is 7.54. The molecule has 3 N–H and O–H groups in total. The molecule has 0 spiro atoms. The van der Waals surface area contributed by atoms with E-state index < -0.39 is 11.7 Å². The summed E-state index contributed by atoms with van der Waals surface area (Å²) in [7, 11) is 0. The summed E-state index contributed by atoms with van der Waals surface area (Å²) in [6.07, 6.45) is 0. The number of hydrogen-bond donors (Lipinski definition) is 2. The molecular weight excluding hydrogens is 323 g/mol. The summed E-state index contributed by atoms with van der Waals surface area (Å²) >= 11 is 3.40. The van der Waals surface area contributed by atoms with Crippen LogP contribution in [0.5, 0.6) is 0 Å². The molecule has 0 saturated heterocycles. The number of anilines is 2. The smallest absolute Gasteiger partial charge is 0.257 e. The predicted molar refractivity (Wildman–Crippen MR) is 82.4 cm³/mol. The molecule has 0 bridgehead atoms. The third-order valence-electron chi connectivity index (χ3n) is 3.00. The highest BCUT2D eigenvalue weighted by Gasteiger charge is 2.13. The van der Waals surface area contributed by atoms with Crippen LogP contribution in [-0.2, 0) is 0 Å². The average molecular weight is 337 g/mol. The predicted octanol–water partition coefficient (Wildman–Crippen LogP) is 4.04. The fourth-order valence-electron chi connectivity index (χ4n) is 2.01. The van der Waals surface area contributed by atoms with Gasteiger partial charge >= 0.3 is 0 Å². The molecule has 2 aromatic rings. The van der Waals surface area contributed by atoms with Gasteiger partial charge in [-0.05, 0) is 55.3 Å². The van der Waals surface area contributed by atoms with Crippen molar-refractivity contribution in [3.8, 4) is 0 Å². The number of rotatable bonds is 2. The Kier molecular flexibility index (Phi) is 4.09. The standard InChI is InChI=1S/C15H14BrFN2O/c1-8-5-10(16)6-9(2)14(8)19-15(20)12-7-11(17)3-4-13(12)18/h3-7H,18H2,1-2H3,(H,19,20). The van der Waals surface area contributed by atoms with E-state index in [2.05, 4.69) is 21.2 Å². The van der Waals surface area contributed by atoms with E-state index in [1.807, 2.05) is 26.0 Å². The van der Waals surface area contributed by atoms with Gasteiger partial charge in [0, 0.05) is 15.8 Å². The van der Waals surface area contributed by atoms with Crippen molar-refractivity contribution < 1.29 is 9.18 Å². The molecule has 0 aromatic heterocycles. The molecule has 0 aliphatic carbocycles. The average Bonchev–Trinajstić information content (AvgIpc) is 2.36. The molecule has 104 valence electrons. The van der Waals surface area contributed by atoms with E-state index in [4.69, 9.17) is 5.73 Å². The van der Waals surface area contributed by atoms with Gasteiger partial charge in [0.25, 0.3) is 5.91 Å². The van der Waals surface area contributed by atoms with Gasteiger partial charge in [0.2, 0.25) is 0 Å². The van der Waals surface area contributed by atoms with Crippen LogP contribution < -0.4 is 11.1 Å². The van der Waals surface area contributed by atoms with Crippen molar-refractivity contribution in [3.63, 3.8) is 0 Å². The van der Waals surface area contributed by atoms with E-state index in [1.54, 1.807) is 0 Å². The van der Waals surface area contributed by atoms with Gasteiger partial charge in [0.15, 0.2) is 0 Å². The van der Waals surface area contributed by atoms with Crippen molar-refractivity contribution in [3.05, 3.63) is 57.3 Å². The number of aryl methyl sites for hydroxylation is 2. The monoisotopic (exact) mass is 336 g/mol. The second-order valence-corrected chi connectivity index (χ2v) is 5.52. The molecule has 0 aliphatic rings. The summed E-state index contributed by atoms with van der Waals surface area (Å²) in [6.45, 7) is 3.78. The molecule has 3 nitrogen and oxygen atoms in total. The van der Waals surface area contributed by atoms with Crippen molar-refractivity contribution in [2.75, 3.05) is 11.1 Å². The molecule has 1 amide bonds. The Morgan fingerprint density at radius 3 is 2.40 bits per heavy atom. The summed E-state index contributed by atoms with van der Waals surface area (Å²) in [4.78, 5) is 12.2. The fourth-order valence-corrected chi connectivity index (χ4v) is 2.70. The van der Waals surface area contributed by atoms with Crippen molar-refractivity contribution in [1.29, 1.82) is 0 Å². The first-order valence-electron chi connectivity index (χ1n) is 6.01. The lowest BCUT2D eigenvalue weighted by atomic mass is 10.1. The third-order valence-corrected chi connectivity index (χ3v) is 3.45. The highest BCUT2D eigenvalue weighted by atomic mass is 79.9. The van der Waals surface area contributed by atoms with Crippen molar-refractivity contribution in [2.24, 2.45) is 0 Å². The van der Waals surface area contributed by atoms with Crippen LogP contribution in [0.3, 0.4) is 0 Å². The number of benzene rings is 2. The quantitative estimate of drug-likeness (QED) is 0.813. The van der Waals surface area contributed by atoms with Gasteiger partial charge in [0.05, 0.1) is 5.56 Å². The van der Waals surface area contributed by atoms with E-state index in [0.29, 0.717) is 5.69 Å². The van der Waals surface area contributed by atoms with Crippen LogP contribution in [0.15, 0.2) is 34.8 Å². The van der Waals surface area contributed by atoms with E-state index in [9.17, 15) is 9.18 Å². The van der Waals surface area contributed by atoms with Crippen molar-refractivity contribution in [2.45, 2.75) is 13.8 Å². The zero-order chi connectivity index (χ0) is 14.9. The highest BCUT2D eigenvalue weighted by Crippen LogP contribution is 2.26. The zero-order valence-corrected chi connectivity index (χ0v) is 12.7. The second-order valence-electron chi connectivity index (χ2n) is 4.60. The fraction of sp³-hybridized carbons (Fsp3) is 0.133. The maximum absolute atomic E-state index is 13.2. The summed E-state index contributed by atoms with van der Waals surface area (Å²) in [5, 5.41) is 2.78. The molecule has 0 unspecified atom stereocenters. The maximum atomic E-state index is 13.2. The van der Waals surface area contributed by atoms with Gasteiger partial charge in [-0.2, -0.15) is 0 Å². The van der Waals surface area contributed by atoms with E-state index in [1.165, 1.54) is 12.1 Å². The zero-order valence-electron chi connectivity index (χ0n) is 11.1. The lowest BCUT2D eigenvalue weighted by molar-refractivity contribution is 0.102. The largest absolute Gasteiger partial charge is 0.398 e. The number of carbonyl (C=O) groups is 1. The summed E-state index contributed by atoms with van der Waals surface area (Å²) < 4.78 is 14.2. The van der Waals surface area contributed by atoms with Crippen LogP contribution in [0.1, 0.15) is 21.5 Å². The Balaban J connectivity index is 2.35. The Morgan fingerprint density at radius 1 is 1.20 bits per heavy atom. The van der Waals surface area contributed by atoms with Crippen LogP contribution in [0, 0.1) is 19.7 Å². The van der Waals surface area contributed by atoms with Crippen molar-refractivity contribution in [1.82, 2.24) is 0 Å². The molecule has 0 heterocycles. The number of nitrogens with two attached hydrogens (primary N) is 1. The summed E-state index contributed by atoms with van der Waals surface area (Å²) in [5.74, 6) is -0.913. The molecular formula is C15H14BrFN2O. The van der Waals surface area contributed by atoms with Crippen LogP contribution >= 0.6 is 15.9 Å². The van der Waals surface area contributed by atoms with Gasteiger partial charge in [-0.15, -0.1) is 0 Å². The molecule has 5 heteroatoms. The Bertz CT molecular complexity index is 663. The maximum Gasteiger partial charge on any atom is 0.257 e. The molecule has 0 atom stereocenters. The minimum absolute atomic E-state index is 0.131. The minimum Gasteiger partial charge on any atom is -0.398 e. The number of amides is 1. The summed E-state index contributed by atoms with van der Waals surface area (Å²) in [5.41, 5.74) is 8.63. The van der Waals surface area contributed by atoms with Crippen LogP contribution in [-0.4, -0.2) is 5.91 Å². The molecule has 20 heavy (non-hydrogen) atoms. The number of halogens is 2. The highest BCUT2D eigenvalue weighted by molar-refractivity contribution is 9.10. The van der Waals surface area contributed by atoms with Gasteiger partial charge in [-0.1, -0.05) is 15.9 Å². The number of hydrogen-bond acceptors (Lipinski definition) is 2. The normalized spacial score (nSPS) is 10.4. The van der Waals surface area contributed by atoms with E-state index in [0.717, 1.165) is 21.7 Å².